The molecule has 3 aromatic rings. The second-order valence-electron chi connectivity index (χ2n) is 7.44. The largest absolute Gasteiger partial charge is 0.495 e. The number of methoxy groups -OCH3 is 1. The SMILES string of the molecule is COc1cc(CO)c(-c2cn3ccc(NCCN4CCCCC4)cc3n2)cc1Cl. The van der Waals surface area contributed by atoms with Gasteiger partial charge >= 0.3 is 0 Å². The van der Waals surface area contributed by atoms with Gasteiger partial charge < -0.3 is 24.5 Å². The molecule has 154 valence electrons. The molecule has 6 nitrogen and oxygen atoms in total. The Hall–Kier alpha value is -2.28. The maximum Gasteiger partial charge on any atom is 0.139 e. The molecule has 0 radical (unpaired) electrons. The summed E-state index contributed by atoms with van der Waals surface area (Å²) in [6.45, 7) is 4.30. The van der Waals surface area contributed by atoms with Crippen molar-refractivity contribution in [1.29, 1.82) is 0 Å². The number of aliphatic hydroxyl groups excluding tert-OH is 1. The fourth-order valence-electron chi connectivity index (χ4n) is 3.88. The molecule has 1 aliphatic heterocycles. The Morgan fingerprint density at radius 3 is 2.79 bits per heavy atom. The van der Waals surface area contributed by atoms with Gasteiger partial charge in [-0.3, -0.25) is 0 Å². The third-order valence-electron chi connectivity index (χ3n) is 5.49. The Morgan fingerprint density at radius 2 is 2.03 bits per heavy atom. The first-order chi connectivity index (χ1) is 14.2. The van der Waals surface area contributed by atoms with E-state index in [2.05, 4.69) is 16.3 Å². The van der Waals surface area contributed by atoms with Gasteiger partial charge in [0, 0.05) is 42.8 Å². The van der Waals surface area contributed by atoms with Gasteiger partial charge in [-0.1, -0.05) is 18.0 Å². The first-order valence-corrected chi connectivity index (χ1v) is 10.5. The lowest BCUT2D eigenvalue weighted by atomic mass is 10.1. The molecule has 2 aromatic heterocycles. The van der Waals surface area contributed by atoms with Crippen molar-refractivity contribution in [2.75, 3.05) is 38.6 Å². The van der Waals surface area contributed by atoms with E-state index >= 15 is 0 Å². The number of anilines is 1. The molecule has 2 N–H and O–H groups in total. The van der Waals surface area contributed by atoms with Crippen LogP contribution in [-0.4, -0.2) is 52.7 Å². The Labute approximate surface area is 176 Å². The molecule has 1 saturated heterocycles. The van der Waals surface area contributed by atoms with E-state index in [4.69, 9.17) is 21.3 Å². The van der Waals surface area contributed by atoms with E-state index in [9.17, 15) is 5.11 Å². The van der Waals surface area contributed by atoms with Gasteiger partial charge in [-0.2, -0.15) is 0 Å². The van der Waals surface area contributed by atoms with E-state index in [1.165, 1.54) is 32.4 Å². The molecule has 0 amide bonds. The van der Waals surface area contributed by atoms with Gasteiger partial charge in [0.1, 0.15) is 11.4 Å². The topological polar surface area (TPSA) is 62.0 Å². The maximum absolute atomic E-state index is 9.77. The van der Waals surface area contributed by atoms with Crippen molar-refractivity contribution in [1.82, 2.24) is 14.3 Å². The Bertz CT molecular complexity index is 982. The van der Waals surface area contributed by atoms with Crippen molar-refractivity contribution in [2.24, 2.45) is 0 Å². The number of rotatable bonds is 7. The van der Waals surface area contributed by atoms with Crippen molar-refractivity contribution in [2.45, 2.75) is 25.9 Å². The zero-order valence-electron chi connectivity index (χ0n) is 16.7. The van der Waals surface area contributed by atoms with Crippen LogP contribution in [0.1, 0.15) is 24.8 Å². The number of pyridine rings is 1. The van der Waals surface area contributed by atoms with Crippen LogP contribution in [0, 0.1) is 0 Å². The number of fused-ring (bicyclic) bond motifs is 1. The lowest BCUT2D eigenvalue weighted by Gasteiger charge is -2.26. The van der Waals surface area contributed by atoms with Gasteiger partial charge in [0.15, 0.2) is 0 Å². The number of imidazole rings is 1. The number of halogens is 1. The lowest BCUT2D eigenvalue weighted by Crippen LogP contribution is -2.33. The predicted octanol–water partition coefficient (Wildman–Crippen LogP) is 4.05. The van der Waals surface area contributed by atoms with Crippen molar-refractivity contribution >= 4 is 22.9 Å². The number of aliphatic hydroxyl groups is 1. The number of likely N-dealkylation sites (tertiary alicyclic amines) is 1. The summed E-state index contributed by atoms with van der Waals surface area (Å²) >= 11 is 6.30. The van der Waals surface area contributed by atoms with Crippen LogP contribution in [0.2, 0.25) is 5.02 Å². The summed E-state index contributed by atoms with van der Waals surface area (Å²) in [5.41, 5.74) is 4.21. The first-order valence-electron chi connectivity index (χ1n) is 10.1. The highest BCUT2D eigenvalue weighted by Crippen LogP contribution is 2.34. The van der Waals surface area contributed by atoms with Crippen LogP contribution >= 0.6 is 11.6 Å². The number of nitrogens with zero attached hydrogens (tertiary/aromatic N) is 3. The standard InChI is InChI=1S/C22H27ClN4O2/c1-29-21-11-16(15-28)18(13-19(21)23)20-14-27-9-5-17(12-22(27)25-20)24-6-10-26-7-3-2-4-8-26/h5,9,11-14,24,28H,2-4,6-8,10,15H2,1H3. The fourth-order valence-corrected chi connectivity index (χ4v) is 4.12. The number of hydrogen-bond acceptors (Lipinski definition) is 5. The number of hydrogen-bond donors (Lipinski definition) is 2. The second kappa shape index (κ2) is 9.03. The molecule has 4 rings (SSSR count). The van der Waals surface area contributed by atoms with Gasteiger partial charge in [-0.15, -0.1) is 0 Å². The predicted molar refractivity (Wildman–Crippen MR) is 117 cm³/mol. The van der Waals surface area contributed by atoms with Crippen LogP contribution in [-0.2, 0) is 6.61 Å². The quantitative estimate of drug-likeness (QED) is 0.610. The van der Waals surface area contributed by atoms with E-state index < -0.39 is 0 Å². The zero-order chi connectivity index (χ0) is 20.2. The molecule has 1 aromatic carbocycles. The third-order valence-corrected chi connectivity index (χ3v) is 5.79. The molecule has 0 spiro atoms. The molecular formula is C22H27ClN4O2. The summed E-state index contributed by atoms with van der Waals surface area (Å²) in [6.07, 6.45) is 7.94. The van der Waals surface area contributed by atoms with E-state index in [0.717, 1.165) is 41.2 Å². The second-order valence-corrected chi connectivity index (χ2v) is 7.85. The summed E-state index contributed by atoms with van der Waals surface area (Å²) in [5, 5.41) is 13.8. The minimum Gasteiger partial charge on any atom is -0.495 e. The molecule has 0 atom stereocenters. The maximum atomic E-state index is 9.77. The van der Waals surface area contributed by atoms with Crippen LogP contribution in [0.25, 0.3) is 16.9 Å². The average molecular weight is 415 g/mol. The van der Waals surface area contributed by atoms with E-state index in [0.29, 0.717) is 10.8 Å². The summed E-state index contributed by atoms with van der Waals surface area (Å²) < 4.78 is 7.23. The molecule has 0 aliphatic carbocycles. The van der Waals surface area contributed by atoms with Crippen LogP contribution in [0.15, 0.2) is 36.7 Å². The van der Waals surface area contributed by atoms with Gasteiger partial charge in [0.05, 0.1) is 24.4 Å². The van der Waals surface area contributed by atoms with E-state index in [1.54, 1.807) is 19.2 Å². The number of nitrogens with one attached hydrogen (secondary N) is 1. The molecule has 0 unspecified atom stereocenters. The monoisotopic (exact) mass is 414 g/mol. The minimum absolute atomic E-state index is 0.111. The lowest BCUT2D eigenvalue weighted by molar-refractivity contribution is 0.237. The summed E-state index contributed by atoms with van der Waals surface area (Å²) in [4.78, 5) is 7.27. The molecule has 0 saturated carbocycles. The Morgan fingerprint density at radius 1 is 1.21 bits per heavy atom. The smallest absolute Gasteiger partial charge is 0.139 e. The third kappa shape index (κ3) is 4.50. The van der Waals surface area contributed by atoms with Crippen molar-refractivity contribution < 1.29 is 9.84 Å². The van der Waals surface area contributed by atoms with Gasteiger partial charge in [0.2, 0.25) is 0 Å². The van der Waals surface area contributed by atoms with Crippen molar-refractivity contribution in [3.05, 3.63) is 47.2 Å². The highest BCUT2D eigenvalue weighted by molar-refractivity contribution is 6.32. The van der Waals surface area contributed by atoms with Crippen molar-refractivity contribution in [3.63, 3.8) is 0 Å². The van der Waals surface area contributed by atoms with Gasteiger partial charge in [-0.05, 0) is 49.7 Å². The zero-order valence-corrected chi connectivity index (χ0v) is 17.5. The molecule has 3 heterocycles. The van der Waals surface area contributed by atoms with Crippen LogP contribution < -0.4 is 10.1 Å². The van der Waals surface area contributed by atoms with E-state index in [1.807, 2.05) is 22.9 Å². The Kier molecular flexibility index (Phi) is 6.23. The summed E-state index contributed by atoms with van der Waals surface area (Å²) in [6, 6.07) is 7.66. The van der Waals surface area contributed by atoms with Crippen LogP contribution in [0.4, 0.5) is 5.69 Å². The number of benzene rings is 1. The Balaban J connectivity index is 1.52. The van der Waals surface area contributed by atoms with Crippen LogP contribution in [0.5, 0.6) is 5.75 Å². The average Bonchev–Trinajstić information content (AvgIpc) is 3.17. The van der Waals surface area contributed by atoms with Crippen molar-refractivity contribution in [3.8, 4) is 17.0 Å². The highest BCUT2D eigenvalue weighted by Gasteiger charge is 2.14. The van der Waals surface area contributed by atoms with Crippen LogP contribution in [0.3, 0.4) is 0 Å². The molecule has 7 heteroatoms. The molecular weight excluding hydrogens is 388 g/mol. The normalized spacial score (nSPS) is 15.0. The minimum atomic E-state index is -0.111. The molecule has 1 aliphatic rings. The van der Waals surface area contributed by atoms with E-state index in [-0.39, 0.29) is 6.61 Å². The number of ether oxygens (including phenoxy) is 1. The van der Waals surface area contributed by atoms with Gasteiger partial charge in [0.25, 0.3) is 0 Å². The number of aromatic nitrogens is 2. The summed E-state index contributed by atoms with van der Waals surface area (Å²) in [5.74, 6) is 0.545. The van der Waals surface area contributed by atoms with Gasteiger partial charge in [-0.25, -0.2) is 4.98 Å². The highest BCUT2D eigenvalue weighted by atomic mass is 35.5. The number of piperidine rings is 1. The molecule has 1 fully saturated rings. The summed E-state index contributed by atoms with van der Waals surface area (Å²) in [7, 11) is 1.56. The first kappa shape index (κ1) is 20.0. The molecule has 29 heavy (non-hydrogen) atoms. The fraction of sp³-hybridized carbons (Fsp3) is 0.409. The molecule has 0 bridgehead atoms.